The first-order valence-electron chi connectivity index (χ1n) is 8.59. The number of nitrogens with zero attached hydrogens (tertiary/aromatic N) is 3. The summed E-state index contributed by atoms with van der Waals surface area (Å²) in [4.78, 5) is 9.39. The standard InChI is InChI=1S/C18H32N4S/c1-15(14-23-18(2,3)4)19-12-16-6-7-17(20-13-16)22-10-8-21(5)9-11-22/h6-7,13,15,19H,8-12,14H2,1-5H3/t15-/m0/s1. The van der Waals surface area contributed by atoms with E-state index in [0.717, 1.165) is 44.3 Å². The molecule has 1 aliphatic heterocycles. The number of pyridine rings is 1. The largest absolute Gasteiger partial charge is 0.354 e. The van der Waals surface area contributed by atoms with Crippen molar-refractivity contribution in [1.29, 1.82) is 0 Å². The van der Waals surface area contributed by atoms with Crippen molar-refractivity contribution in [3.63, 3.8) is 0 Å². The molecule has 1 fully saturated rings. The molecule has 0 aliphatic carbocycles. The Morgan fingerprint density at radius 3 is 2.48 bits per heavy atom. The molecule has 5 heteroatoms. The molecule has 0 amide bonds. The second kappa shape index (κ2) is 8.36. The Hall–Kier alpha value is -0.780. The SMILES string of the molecule is C[C@@H](CSC(C)(C)C)NCc1ccc(N2CCN(C)CC2)nc1. The molecule has 1 aromatic rings. The zero-order valence-corrected chi connectivity index (χ0v) is 16.1. The van der Waals surface area contributed by atoms with E-state index in [2.05, 4.69) is 67.0 Å². The first kappa shape index (κ1) is 18.6. The molecule has 0 unspecified atom stereocenters. The molecule has 0 radical (unpaired) electrons. The summed E-state index contributed by atoms with van der Waals surface area (Å²) in [7, 11) is 2.18. The fourth-order valence-electron chi connectivity index (χ4n) is 2.47. The van der Waals surface area contributed by atoms with Crippen LogP contribution in [0.25, 0.3) is 0 Å². The summed E-state index contributed by atoms with van der Waals surface area (Å²) in [5.74, 6) is 2.24. The summed E-state index contributed by atoms with van der Waals surface area (Å²) in [6, 6.07) is 4.88. The van der Waals surface area contributed by atoms with E-state index in [-0.39, 0.29) is 0 Å². The summed E-state index contributed by atoms with van der Waals surface area (Å²) in [6.07, 6.45) is 2.02. The van der Waals surface area contributed by atoms with Crippen molar-refractivity contribution < 1.29 is 0 Å². The Labute approximate surface area is 146 Å². The average molecular weight is 337 g/mol. The summed E-state index contributed by atoms with van der Waals surface area (Å²) < 4.78 is 0.335. The van der Waals surface area contributed by atoms with Gasteiger partial charge in [-0.2, -0.15) is 11.8 Å². The van der Waals surface area contributed by atoms with E-state index in [1.54, 1.807) is 0 Å². The van der Waals surface area contributed by atoms with Crippen molar-refractivity contribution in [1.82, 2.24) is 15.2 Å². The number of likely N-dealkylation sites (N-methyl/N-ethyl adjacent to an activating group) is 1. The minimum absolute atomic E-state index is 0.335. The van der Waals surface area contributed by atoms with Gasteiger partial charge in [0.15, 0.2) is 0 Å². The van der Waals surface area contributed by atoms with Crippen LogP contribution in [0.3, 0.4) is 0 Å². The van der Waals surface area contributed by atoms with Gasteiger partial charge in [0, 0.05) is 55.5 Å². The molecule has 0 spiro atoms. The third-order valence-corrected chi connectivity index (χ3v) is 5.59. The normalized spacial score (nSPS) is 18.2. The molecule has 1 saturated heterocycles. The number of hydrogen-bond acceptors (Lipinski definition) is 5. The maximum Gasteiger partial charge on any atom is 0.128 e. The summed E-state index contributed by atoms with van der Waals surface area (Å²) in [6.45, 7) is 14.3. The first-order chi connectivity index (χ1) is 10.8. The quantitative estimate of drug-likeness (QED) is 0.863. The third kappa shape index (κ3) is 6.69. The van der Waals surface area contributed by atoms with Gasteiger partial charge in [-0.1, -0.05) is 26.8 Å². The van der Waals surface area contributed by atoms with Crippen LogP contribution in [-0.4, -0.2) is 59.7 Å². The maximum absolute atomic E-state index is 4.65. The zero-order valence-electron chi connectivity index (χ0n) is 15.3. The third-order valence-electron chi connectivity index (χ3n) is 4.06. The molecule has 2 rings (SSSR count). The molecule has 130 valence electrons. The lowest BCUT2D eigenvalue weighted by atomic mass is 10.2. The van der Waals surface area contributed by atoms with Crippen LogP contribution in [0.1, 0.15) is 33.3 Å². The van der Waals surface area contributed by atoms with E-state index >= 15 is 0 Å². The van der Waals surface area contributed by atoms with Crippen LogP contribution in [0.5, 0.6) is 0 Å². The van der Waals surface area contributed by atoms with E-state index in [9.17, 15) is 0 Å². The Balaban J connectivity index is 1.76. The maximum atomic E-state index is 4.65. The average Bonchev–Trinajstić information content (AvgIpc) is 2.51. The molecule has 0 aromatic carbocycles. The molecular weight excluding hydrogens is 304 g/mol. The van der Waals surface area contributed by atoms with Gasteiger partial charge in [0.25, 0.3) is 0 Å². The predicted molar refractivity (Wildman–Crippen MR) is 102 cm³/mol. The zero-order chi connectivity index (χ0) is 16.9. The van der Waals surface area contributed by atoms with Crippen molar-refractivity contribution in [2.75, 3.05) is 43.9 Å². The molecule has 1 atom stereocenters. The number of piperazine rings is 1. The van der Waals surface area contributed by atoms with Gasteiger partial charge in [-0.3, -0.25) is 0 Å². The molecule has 1 aliphatic rings. The summed E-state index contributed by atoms with van der Waals surface area (Å²) in [5.41, 5.74) is 1.26. The topological polar surface area (TPSA) is 31.4 Å². The van der Waals surface area contributed by atoms with Gasteiger partial charge in [-0.25, -0.2) is 4.98 Å². The van der Waals surface area contributed by atoms with Crippen LogP contribution < -0.4 is 10.2 Å². The number of nitrogens with one attached hydrogen (secondary N) is 1. The van der Waals surface area contributed by atoms with E-state index in [1.807, 2.05) is 18.0 Å². The second-order valence-electron chi connectivity index (χ2n) is 7.52. The van der Waals surface area contributed by atoms with E-state index in [0.29, 0.717) is 10.8 Å². The Bertz CT molecular complexity index is 461. The fourth-order valence-corrected chi connectivity index (χ4v) is 3.34. The number of anilines is 1. The number of rotatable bonds is 6. The second-order valence-corrected chi connectivity index (χ2v) is 9.37. The molecule has 1 N–H and O–H groups in total. The Kier molecular flexibility index (Phi) is 6.74. The van der Waals surface area contributed by atoms with Crippen molar-refractivity contribution >= 4 is 17.6 Å². The van der Waals surface area contributed by atoms with Gasteiger partial charge in [0.05, 0.1) is 0 Å². The lowest BCUT2D eigenvalue weighted by Gasteiger charge is -2.33. The molecule has 0 bridgehead atoms. The lowest BCUT2D eigenvalue weighted by Crippen LogP contribution is -2.44. The van der Waals surface area contributed by atoms with Crippen LogP contribution in [-0.2, 0) is 6.54 Å². The first-order valence-corrected chi connectivity index (χ1v) is 9.58. The van der Waals surface area contributed by atoms with Crippen molar-refractivity contribution in [2.24, 2.45) is 0 Å². The molecule has 4 nitrogen and oxygen atoms in total. The van der Waals surface area contributed by atoms with Crippen molar-refractivity contribution in [3.05, 3.63) is 23.9 Å². The molecule has 23 heavy (non-hydrogen) atoms. The van der Waals surface area contributed by atoms with Crippen LogP contribution in [0.15, 0.2) is 18.3 Å². The highest BCUT2D eigenvalue weighted by Gasteiger charge is 2.15. The highest BCUT2D eigenvalue weighted by atomic mass is 32.2. The van der Waals surface area contributed by atoms with Gasteiger partial charge in [0.1, 0.15) is 5.82 Å². The molecular formula is C18H32N4S. The van der Waals surface area contributed by atoms with Gasteiger partial charge in [-0.05, 0) is 25.6 Å². The smallest absolute Gasteiger partial charge is 0.128 e. The minimum Gasteiger partial charge on any atom is -0.354 e. The van der Waals surface area contributed by atoms with Crippen LogP contribution in [0.2, 0.25) is 0 Å². The number of thioether (sulfide) groups is 1. The van der Waals surface area contributed by atoms with Crippen molar-refractivity contribution in [2.45, 2.75) is 45.0 Å². The summed E-state index contributed by atoms with van der Waals surface area (Å²) in [5, 5.41) is 3.60. The highest BCUT2D eigenvalue weighted by molar-refractivity contribution is 8.00. The van der Waals surface area contributed by atoms with Gasteiger partial charge < -0.3 is 15.1 Å². The van der Waals surface area contributed by atoms with Gasteiger partial charge in [-0.15, -0.1) is 0 Å². The summed E-state index contributed by atoms with van der Waals surface area (Å²) >= 11 is 2.01. The number of aromatic nitrogens is 1. The van der Waals surface area contributed by atoms with Crippen molar-refractivity contribution in [3.8, 4) is 0 Å². The van der Waals surface area contributed by atoms with Gasteiger partial charge >= 0.3 is 0 Å². The van der Waals surface area contributed by atoms with E-state index in [1.165, 1.54) is 5.56 Å². The molecule has 2 heterocycles. The van der Waals surface area contributed by atoms with Crippen LogP contribution in [0.4, 0.5) is 5.82 Å². The minimum atomic E-state index is 0.335. The lowest BCUT2D eigenvalue weighted by molar-refractivity contribution is 0.312. The van der Waals surface area contributed by atoms with Crippen LogP contribution in [0, 0.1) is 0 Å². The monoisotopic (exact) mass is 336 g/mol. The molecule has 1 aromatic heterocycles. The number of hydrogen-bond donors (Lipinski definition) is 1. The van der Waals surface area contributed by atoms with E-state index < -0.39 is 0 Å². The Morgan fingerprint density at radius 2 is 1.91 bits per heavy atom. The van der Waals surface area contributed by atoms with E-state index in [4.69, 9.17) is 0 Å². The highest BCUT2D eigenvalue weighted by Crippen LogP contribution is 2.23. The van der Waals surface area contributed by atoms with Gasteiger partial charge in [0.2, 0.25) is 0 Å². The Morgan fingerprint density at radius 1 is 1.22 bits per heavy atom. The fraction of sp³-hybridized carbons (Fsp3) is 0.722. The predicted octanol–water partition coefficient (Wildman–Crippen LogP) is 2.84. The van der Waals surface area contributed by atoms with Crippen LogP contribution >= 0.6 is 11.8 Å². The molecule has 0 saturated carbocycles.